The zero-order chi connectivity index (χ0) is 20.1. The first kappa shape index (κ1) is 22.8. The van der Waals surface area contributed by atoms with Crippen molar-refractivity contribution in [2.45, 2.75) is 32.6 Å². The average Bonchev–Trinajstić information content (AvgIpc) is 2.70. The number of hydrogen-bond acceptors (Lipinski definition) is 6. The normalized spacial score (nSPS) is 10.4. The van der Waals surface area contributed by atoms with Gasteiger partial charge in [0.1, 0.15) is 0 Å². The summed E-state index contributed by atoms with van der Waals surface area (Å²) < 4.78 is 20.5. The van der Waals surface area contributed by atoms with Crippen LogP contribution in [0.25, 0.3) is 0 Å². The van der Waals surface area contributed by atoms with Gasteiger partial charge in [-0.05, 0) is 37.5 Å². The third-order valence-electron chi connectivity index (χ3n) is 4.16. The molecule has 0 aliphatic carbocycles. The second kappa shape index (κ2) is 13.0. The van der Waals surface area contributed by atoms with Crippen LogP contribution in [0, 0.1) is 0 Å². The first-order valence-corrected chi connectivity index (χ1v) is 9.18. The zero-order valence-electron chi connectivity index (χ0n) is 16.8. The summed E-state index contributed by atoms with van der Waals surface area (Å²) in [6.07, 6.45) is 1.86. The van der Waals surface area contributed by atoms with Gasteiger partial charge in [0, 0.05) is 32.7 Å². The zero-order valence-corrected chi connectivity index (χ0v) is 16.8. The van der Waals surface area contributed by atoms with E-state index in [4.69, 9.17) is 14.2 Å². The van der Waals surface area contributed by atoms with Gasteiger partial charge < -0.3 is 23.8 Å². The number of carbonyl (C=O) groups is 2. The number of rotatable bonds is 13. The van der Waals surface area contributed by atoms with Crippen LogP contribution in [0.2, 0.25) is 0 Å². The highest BCUT2D eigenvalue weighted by atomic mass is 16.5. The third-order valence-corrected chi connectivity index (χ3v) is 4.16. The van der Waals surface area contributed by atoms with E-state index >= 15 is 0 Å². The molecule has 0 unspecified atom stereocenters. The molecule has 0 aromatic heterocycles. The summed E-state index contributed by atoms with van der Waals surface area (Å²) in [6, 6.07) is 5.62. The molecule has 27 heavy (non-hydrogen) atoms. The molecular weight excluding hydrogens is 350 g/mol. The van der Waals surface area contributed by atoms with E-state index in [0.717, 1.165) is 12.0 Å². The average molecular weight is 381 g/mol. The maximum atomic E-state index is 12.6. The number of methoxy groups -OCH3 is 3. The summed E-state index contributed by atoms with van der Waals surface area (Å²) in [7, 11) is 4.52. The Morgan fingerprint density at radius 3 is 2.37 bits per heavy atom. The molecule has 1 aromatic carbocycles. The van der Waals surface area contributed by atoms with Gasteiger partial charge >= 0.3 is 5.97 Å². The number of amides is 1. The lowest BCUT2D eigenvalue weighted by Gasteiger charge is -2.22. The Morgan fingerprint density at radius 1 is 1.00 bits per heavy atom. The van der Waals surface area contributed by atoms with E-state index < -0.39 is 0 Å². The van der Waals surface area contributed by atoms with Crippen LogP contribution >= 0.6 is 0 Å². The largest absolute Gasteiger partial charge is 0.493 e. The Morgan fingerprint density at radius 2 is 1.74 bits per heavy atom. The molecule has 0 radical (unpaired) electrons. The summed E-state index contributed by atoms with van der Waals surface area (Å²) in [5.41, 5.74) is 0.989. The van der Waals surface area contributed by atoms with Gasteiger partial charge in [0.15, 0.2) is 11.5 Å². The molecule has 0 saturated carbocycles. The number of ether oxygens (including phenoxy) is 4. The molecule has 0 spiro atoms. The van der Waals surface area contributed by atoms with E-state index in [1.165, 1.54) is 7.11 Å². The van der Waals surface area contributed by atoms with Gasteiger partial charge in [-0.1, -0.05) is 6.07 Å². The van der Waals surface area contributed by atoms with E-state index in [1.54, 1.807) is 19.1 Å². The summed E-state index contributed by atoms with van der Waals surface area (Å²) >= 11 is 0. The Kier molecular flexibility index (Phi) is 10.9. The number of hydrogen-bond donors (Lipinski definition) is 0. The SMILES string of the molecule is CCOCCCN(CCC(=O)OC)C(=O)CCc1ccc(OC)c(OC)c1. The molecular formula is C20H31NO6. The maximum Gasteiger partial charge on any atom is 0.307 e. The maximum absolute atomic E-state index is 12.6. The molecule has 0 aliphatic heterocycles. The van der Waals surface area contributed by atoms with E-state index in [9.17, 15) is 9.59 Å². The highest BCUT2D eigenvalue weighted by Gasteiger charge is 2.15. The first-order chi connectivity index (χ1) is 13.0. The van der Waals surface area contributed by atoms with Crippen LogP contribution in [-0.4, -0.2) is 64.4 Å². The van der Waals surface area contributed by atoms with Gasteiger partial charge in [0.2, 0.25) is 5.91 Å². The number of nitrogens with zero attached hydrogens (tertiary/aromatic N) is 1. The first-order valence-electron chi connectivity index (χ1n) is 9.18. The van der Waals surface area contributed by atoms with Gasteiger partial charge in [-0.25, -0.2) is 0 Å². The number of benzene rings is 1. The van der Waals surface area contributed by atoms with Crippen molar-refractivity contribution in [1.82, 2.24) is 4.90 Å². The molecule has 7 heteroatoms. The van der Waals surface area contributed by atoms with Crippen LogP contribution in [0.1, 0.15) is 31.7 Å². The molecule has 7 nitrogen and oxygen atoms in total. The van der Waals surface area contributed by atoms with Crippen molar-refractivity contribution in [1.29, 1.82) is 0 Å². The molecule has 0 fully saturated rings. The smallest absolute Gasteiger partial charge is 0.307 e. The molecule has 0 saturated heterocycles. The highest BCUT2D eigenvalue weighted by molar-refractivity contribution is 5.77. The fourth-order valence-electron chi connectivity index (χ4n) is 2.64. The van der Waals surface area contributed by atoms with Crippen molar-refractivity contribution in [3.63, 3.8) is 0 Å². The minimum absolute atomic E-state index is 0.00480. The van der Waals surface area contributed by atoms with Crippen LogP contribution in [0.15, 0.2) is 18.2 Å². The second-order valence-electron chi connectivity index (χ2n) is 5.95. The van der Waals surface area contributed by atoms with Crippen LogP contribution in [-0.2, 0) is 25.5 Å². The number of esters is 1. The van der Waals surface area contributed by atoms with Gasteiger partial charge in [0.25, 0.3) is 0 Å². The monoisotopic (exact) mass is 381 g/mol. The standard InChI is InChI=1S/C20H31NO6/c1-5-27-14-6-12-21(13-11-20(23)26-4)19(22)10-8-16-7-9-17(24-2)18(15-16)25-3/h7,9,15H,5-6,8,10-14H2,1-4H3. The third kappa shape index (κ3) is 8.30. The fourth-order valence-corrected chi connectivity index (χ4v) is 2.64. The van der Waals surface area contributed by atoms with Crippen LogP contribution < -0.4 is 9.47 Å². The summed E-state index contributed by atoms with van der Waals surface area (Å²) in [4.78, 5) is 25.8. The second-order valence-corrected chi connectivity index (χ2v) is 5.95. The topological polar surface area (TPSA) is 74.3 Å². The van der Waals surface area contributed by atoms with Crippen LogP contribution in [0.3, 0.4) is 0 Å². The van der Waals surface area contributed by atoms with Gasteiger partial charge in [-0.2, -0.15) is 0 Å². The van der Waals surface area contributed by atoms with Gasteiger partial charge in [-0.15, -0.1) is 0 Å². The van der Waals surface area contributed by atoms with Crippen molar-refractivity contribution in [2.75, 3.05) is 47.6 Å². The van der Waals surface area contributed by atoms with E-state index in [-0.39, 0.29) is 18.3 Å². The predicted octanol–water partition coefficient (Wildman–Crippen LogP) is 2.45. The molecule has 0 bridgehead atoms. The summed E-state index contributed by atoms with van der Waals surface area (Å²) in [5.74, 6) is 0.979. The van der Waals surface area contributed by atoms with Crippen molar-refractivity contribution in [3.8, 4) is 11.5 Å². The van der Waals surface area contributed by atoms with Crippen LogP contribution in [0.4, 0.5) is 0 Å². The lowest BCUT2D eigenvalue weighted by molar-refractivity contribution is -0.141. The van der Waals surface area contributed by atoms with Crippen molar-refractivity contribution in [3.05, 3.63) is 23.8 Å². The van der Waals surface area contributed by atoms with E-state index in [1.807, 2.05) is 25.1 Å². The molecule has 152 valence electrons. The summed E-state index contributed by atoms with van der Waals surface area (Å²) in [6.45, 7) is 4.08. The molecule has 0 N–H and O–H groups in total. The van der Waals surface area contributed by atoms with Gasteiger partial charge in [-0.3, -0.25) is 9.59 Å². The predicted molar refractivity (Wildman–Crippen MR) is 102 cm³/mol. The molecule has 0 aliphatic rings. The lowest BCUT2D eigenvalue weighted by atomic mass is 10.1. The number of aryl methyl sites for hydroxylation is 1. The van der Waals surface area contributed by atoms with E-state index in [2.05, 4.69) is 4.74 Å². The van der Waals surface area contributed by atoms with E-state index in [0.29, 0.717) is 50.6 Å². The minimum atomic E-state index is -0.322. The Labute approximate surface area is 161 Å². The number of carbonyl (C=O) groups excluding carboxylic acids is 2. The Hall–Kier alpha value is -2.28. The fraction of sp³-hybridized carbons (Fsp3) is 0.600. The van der Waals surface area contributed by atoms with Crippen molar-refractivity contribution in [2.24, 2.45) is 0 Å². The molecule has 0 atom stereocenters. The van der Waals surface area contributed by atoms with Gasteiger partial charge in [0.05, 0.1) is 27.8 Å². The quantitative estimate of drug-likeness (QED) is 0.386. The summed E-state index contributed by atoms with van der Waals surface area (Å²) in [5, 5.41) is 0. The molecule has 0 heterocycles. The molecule has 1 rings (SSSR count). The highest BCUT2D eigenvalue weighted by Crippen LogP contribution is 2.28. The van der Waals surface area contributed by atoms with Crippen molar-refractivity contribution >= 4 is 11.9 Å². The molecule has 1 amide bonds. The van der Waals surface area contributed by atoms with Crippen molar-refractivity contribution < 1.29 is 28.5 Å². The lowest BCUT2D eigenvalue weighted by Crippen LogP contribution is -2.34. The Bertz CT molecular complexity index is 590. The minimum Gasteiger partial charge on any atom is -0.493 e. The van der Waals surface area contributed by atoms with Crippen LogP contribution in [0.5, 0.6) is 11.5 Å². The molecule has 1 aromatic rings. The Balaban J connectivity index is 2.63.